The van der Waals surface area contributed by atoms with Crippen molar-refractivity contribution in [1.29, 1.82) is 10.5 Å². The first-order chi connectivity index (χ1) is 11.2. The Balaban J connectivity index is 2.22. The van der Waals surface area contributed by atoms with Crippen LogP contribution in [0.3, 0.4) is 0 Å². The van der Waals surface area contributed by atoms with Crippen molar-refractivity contribution in [2.45, 2.75) is 13.5 Å². The summed E-state index contributed by atoms with van der Waals surface area (Å²) in [6.45, 7) is 2.44. The predicted molar refractivity (Wildman–Crippen MR) is 87.7 cm³/mol. The second-order valence-corrected chi connectivity index (χ2v) is 4.97. The van der Waals surface area contributed by atoms with Crippen LogP contribution < -0.4 is 9.47 Å². The highest BCUT2D eigenvalue weighted by molar-refractivity contribution is 5.64. The summed E-state index contributed by atoms with van der Waals surface area (Å²) in [6.07, 6.45) is 1.51. The summed E-state index contributed by atoms with van der Waals surface area (Å²) in [5.74, 6) is 1.17. The lowest BCUT2D eigenvalue weighted by molar-refractivity contribution is 0.284. The molecule has 2 rings (SSSR count). The van der Waals surface area contributed by atoms with Crippen LogP contribution in [-0.4, -0.2) is 7.11 Å². The minimum atomic E-state index is 0.0413. The van der Waals surface area contributed by atoms with Crippen molar-refractivity contribution in [3.8, 4) is 23.6 Å². The fraction of sp³-hybridized carbons (Fsp3) is 0.158. The predicted octanol–water partition coefficient (Wildman–Crippen LogP) is 4.01. The van der Waals surface area contributed by atoms with E-state index < -0.39 is 0 Å². The molecule has 0 saturated heterocycles. The minimum absolute atomic E-state index is 0.0413. The van der Waals surface area contributed by atoms with E-state index in [4.69, 9.17) is 20.0 Å². The maximum Gasteiger partial charge on any atom is 0.162 e. The summed E-state index contributed by atoms with van der Waals surface area (Å²) in [5, 5.41) is 17.7. The SMILES string of the molecule is COc1ccc(C=C(C#N)C#N)cc1OCc1ccc(C)cc1. The fourth-order valence-corrected chi connectivity index (χ4v) is 2.00. The molecule has 2 aromatic carbocycles. The van der Waals surface area contributed by atoms with Crippen molar-refractivity contribution in [2.75, 3.05) is 7.11 Å². The topological polar surface area (TPSA) is 66.0 Å². The van der Waals surface area contributed by atoms with Gasteiger partial charge in [-0.2, -0.15) is 10.5 Å². The molecule has 0 aromatic heterocycles. The van der Waals surface area contributed by atoms with Gasteiger partial charge in [-0.1, -0.05) is 35.9 Å². The highest BCUT2D eigenvalue weighted by Crippen LogP contribution is 2.29. The summed E-state index contributed by atoms with van der Waals surface area (Å²) in [6, 6.07) is 17.0. The van der Waals surface area contributed by atoms with Crippen LogP contribution in [-0.2, 0) is 6.61 Å². The molecular formula is C19H16N2O2. The summed E-state index contributed by atoms with van der Waals surface area (Å²) in [4.78, 5) is 0. The maximum atomic E-state index is 8.84. The number of allylic oxidation sites excluding steroid dienone is 1. The molecule has 2 aromatic rings. The van der Waals surface area contributed by atoms with Gasteiger partial charge in [0.1, 0.15) is 24.3 Å². The molecule has 0 bridgehead atoms. The van der Waals surface area contributed by atoms with Gasteiger partial charge in [-0.3, -0.25) is 0 Å². The standard InChI is InChI=1S/C19H16N2O2/c1-14-3-5-15(6-4-14)13-23-19-10-16(7-8-18(19)22-2)9-17(11-20)12-21/h3-10H,13H2,1-2H3. The number of methoxy groups -OCH3 is 1. The number of hydrogen-bond donors (Lipinski definition) is 0. The number of benzene rings is 2. The number of nitrogens with zero attached hydrogens (tertiary/aromatic N) is 2. The summed E-state index contributed by atoms with van der Waals surface area (Å²) >= 11 is 0. The average Bonchev–Trinajstić information content (AvgIpc) is 2.59. The van der Waals surface area contributed by atoms with Gasteiger partial charge < -0.3 is 9.47 Å². The highest BCUT2D eigenvalue weighted by Gasteiger charge is 2.06. The van der Waals surface area contributed by atoms with Gasteiger partial charge in [0.15, 0.2) is 11.5 Å². The Kier molecular flexibility index (Phi) is 5.39. The number of rotatable bonds is 5. The first-order valence-electron chi connectivity index (χ1n) is 7.04. The molecule has 0 fully saturated rings. The first kappa shape index (κ1) is 16.1. The Morgan fingerprint density at radius 3 is 2.35 bits per heavy atom. The zero-order valence-corrected chi connectivity index (χ0v) is 13.0. The molecule has 4 heteroatoms. The Bertz CT molecular complexity index is 778. The van der Waals surface area contributed by atoms with Gasteiger partial charge in [0, 0.05) is 0 Å². The third-order valence-corrected chi connectivity index (χ3v) is 3.25. The van der Waals surface area contributed by atoms with E-state index in [1.54, 1.807) is 25.3 Å². The minimum Gasteiger partial charge on any atom is -0.493 e. The largest absolute Gasteiger partial charge is 0.493 e. The lowest BCUT2D eigenvalue weighted by atomic mass is 10.1. The van der Waals surface area contributed by atoms with E-state index in [9.17, 15) is 0 Å². The van der Waals surface area contributed by atoms with Gasteiger partial charge in [0.05, 0.1) is 7.11 Å². The molecule has 0 aliphatic rings. The van der Waals surface area contributed by atoms with Gasteiger partial charge >= 0.3 is 0 Å². The van der Waals surface area contributed by atoms with Crippen LogP contribution in [0.2, 0.25) is 0 Å². The number of hydrogen-bond acceptors (Lipinski definition) is 4. The highest BCUT2D eigenvalue weighted by atomic mass is 16.5. The molecule has 0 atom stereocenters. The van der Waals surface area contributed by atoms with Crippen LogP contribution in [0.4, 0.5) is 0 Å². The van der Waals surface area contributed by atoms with E-state index in [-0.39, 0.29) is 5.57 Å². The number of ether oxygens (including phenoxy) is 2. The van der Waals surface area contributed by atoms with Gasteiger partial charge in [-0.15, -0.1) is 0 Å². The monoisotopic (exact) mass is 304 g/mol. The molecule has 4 nitrogen and oxygen atoms in total. The molecule has 0 amide bonds. The zero-order valence-electron chi connectivity index (χ0n) is 13.0. The lowest BCUT2D eigenvalue weighted by Gasteiger charge is -2.11. The molecule has 0 saturated carbocycles. The molecule has 0 heterocycles. The normalized spacial score (nSPS) is 9.39. The van der Waals surface area contributed by atoms with E-state index in [1.807, 2.05) is 43.3 Å². The first-order valence-corrected chi connectivity index (χ1v) is 7.04. The van der Waals surface area contributed by atoms with Crippen molar-refractivity contribution >= 4 is 6.08 Å². The van der Waals surface area contributed by atoms with E-state index in [1.165, 1.54) is 11.6 Å². The van der Waals surface area contributed by atoms with Crippen molar-refractivity contribution in [2.24, 2.45) is 0 Å². The van der Waals surface area contributed by atoms with Crippen molar-refractivity contribution in [1.82, 2.24) is 0 Å². The molecule has 0 aliphatic carbocycles. The van der Waals surface area contributed by atoms with Crippen molar-refractivity contribution in [3.63, 3.8) is 0 Å². The van der Waals surface area contributed by atoms with Gasteiger partial charge in [0.2, 0.25) is 0 Å². The molecule has 114 valence electrons. The van der Waals surface area contributed by atoms with Crippen molar-refractivity contribution in [3.05, 3.63) is 64.7 Å². The molecule has 0 unspecified atom stereocenters. The molecule has 0 aliphatic heterocycles. The van der Waals surface area contributed by atoms with Crippen LogP contribution in [0.15, 0.2) is 48.0 Å². The zero-order chi connectivity index (χ0) is 16.7. The number of aryl methyl sites for hydroxylation is 1. The second-order valence-electron chi connectivity index (χ2n) is 4.97. The Morgan fingerprint density at radius 1 is 1.04 bits per heavy atom. The third-order valence-electron chi connectivity index (χ3n) is 3.25. The van der Waals surface area contributed by atoms with Crippen LogP contribution in [0.5, 0.6) is 11.5 Å². The molecule has 0 radical (unpaired) electrons. The average molecular weight is 304 g/mol. The third kappa shape index (κ3) is 4.36. The molecule has 23 heavy (non-hydrogen) atoms. The van der Waals surface area contributed by atoms with Crippen LogP contribution in [0.1, 0.15) is 16.7 Å². The summed E-state index contributed by atoms with van der Waals surface area (Å²) in [5.41, 5.74) is 3.00. The molecular weight excluding hydrogens is 288 g/mol. The van der Waals surface area contributed by atoms with Gasteiger partial charge in [-0.25, -0.2) is 0 Å². The maximum absolute atomic E-state index is 8.84. The Hall–Kier alpha value is -3.24. The van der Waals surface area contributed by atoms with Crippen LogP contribution in [0.25, 0.3) is 6.08 Å². The van der Waals surface area contributed by atoms with Gasteiger partial charge in [0.25, 0.3) is 0 Å². The fourth-order valence-electron chi connectivity index (χ4n) is 2.00. The van der Waals surface area contributed by atoms with Crippen molar-refractivity contribution < 1.29 is 9.47 Å². The smallest absolute Gasteiger partial charge is 0.162 e. The number of nitriles is 2. The van der Waals surface area contributed by atoms with E-state index in [2.05, 4.69) is 0 Å². The Morgan fingerprint density at radius 2 is 1.74 bits per heavy atom. The lowest BCUT2D eigenvalue weighted by Crippen LogP contribution is -1.98. The Labute approximate surface area is 135 Å². The van der Waals surface area contributed by atoms with Crippen LogP contribution >= 0.6 is 0 Å². The van der Waals surface area contributed by atoms with Gasteiger partial charge in [-0.05, 0) is 36.3 Å². The van der Waals surface area contributed by atoms with E-state index >= 15 is 0 Å². The summed E-state index contributed by atoms with van der Waals surface area (Å²) in [7, 11) is 1.57. The summed E-state index contributed by atoms with van der Waals surface area (Å²) < 4.78 is 11.1. The molecule has 0 N–H and O–H groups in total. The van der Waals surface area contributed by atoms with Crippen LogP contribution in [0, 0.1) is 29.6 Å². The van der Waals surface area contributed by atoms with E-state index in [0.29, 0.717) is 23.7 Å². The van der Waals surface area contributed by atoms with E-state index in [0.717, 1.165) is 5.56 Å². The quantitative estimate of drug-likeness (QED) is 0.783. The molecule has 0 spiro atoms. The second kappa shape index (κ2) is 7.68.